The first-order chi connectivity index (χ1) is 10.5. The van der Waals surface area contributed by atoms with Gasteiger partial charge in [0.1, 0.15) is 12.2 Å². The Balaban J connectivity index is 2.68. The highest BCUT2D eigenvalue weighted by molar-refractivity contribution is 6.37. The molecule has 0 spiro atoms. The first-order valence-electron chi connectivity index (χ1n) is 7.46. The van der Waals surface area contributed by atoms with E-state index < -0.39 is 5.97 Å². The largest absolute Gasteiger partial charge is 0.494 e. The number of nitrogens with zero attached hydrogens (tertiary/aromatic N) is 1. The highest BCUT2D eigenvalue weighted by Crippen LogP contribution is 2.34. The second-order valence-electron chi connectivity index (χ2n) is 4.92. The predicted molar refractivity (Wildman–Crippen MR) is 90.3 cm³/mol. The van der Waals surface area contributed by atoms with Crippen molar-refractivity contribution in [2.75, 3.05) is 33.4 Å². The molecule has 0 unspecified atom stereocenters. The monoisotopic (exact) mass is 347 g/mol. The lowest BCUT2D eigenvalue weighted by molar-refractivity contribution is 0.0458. The van der Waals surface area contributed by atoms with Crippen molar-refractivity contribution in [3.8, 4) is 5.75 Å². The molecule has 0 saturated heterocycles. The van der Waals surface area contributed by atoms with Crippen LogP contribution in [-0.2, 0) is 4.74 Å². The van der Waals surface area contributed by atoms with Gasteiger partial charge in [-0.15, -0.1) is 0 Å². The molecule has 0 bridgehead atoms. The quantitative estimate of drug-likeness (QED) is 0.625. The maximum atomic E-state index is 12.2. The first kappa shape index (κ1) is 19.1. The Morgan fingerprint density at radius 1 is 1.09 bits per heavy atom. The Kier molecular flexibility index (Phi) is 8.61. The van der Waals surface area contributed by atoms with Crippen LogP contribution < -0.4 is 4.74 Å². The third-order valence-corrected chi connectivity index (χ3v) is 3.80. The summed E-state index contributed by atoms with van der Waals surface area (Å²) in [6, 6.07) is 3.15. The molecule has 0 saturated carbocycles. The number of rotatable bonds is 9. The first-order valence-corrected chi connectivity index (χ1v) is 8.22. The van der Waals surface area contributed by atoms with Crippen LogP contribution >= 0.6 is 23.2 Å². The molecule has 0 aliphatic rings. The minimum atomic E-state index is -0.516. The van der Waals surface area contributed by atoms with Crippen LogP contribution in [0.3, 0.4) is 0 Å². The van der Waals surface area contributed by atoms with Crippen molar-refractivity contribution in [2.24, 2.45) is 0 Å². The van der Waals surface area contributed by atoms with E-state index in [1.54, 1.807) is 12.1 Å². The average Bonchev–Trinajstić information content (AvgIpc) is 2.49. The third kappa shape index (κ3) is 5.34. The second kappa shape index (κ2) is 9.93. The van der Waals surface area contributed by atoms with Crippen molar-refractivity contribution in [1.29, 1.82) is 0 Å². The van der Waals surface area contributed by atoms with Crippen LogP contribution in [0.1, 0.15) is 37.0 Å². The molecule has 0 atom stereocenters. The Labute approximate surface area is 142 Å². The number of ether oxygens (including phenoxy) is 2. The summed E-state index contributed by atoms with van der Waals surface area (Å²) in [4.78, 5) is 14.5. The van der Waals surface area contributed by atoms with E-state index in [9.17, 15) is 4.79 Å². The summed E-state index contributed by atoms with van der Waals surface area (Å²) in [5.74, 6) is -0.268. The molecule has 22 heavy (non-hydrogen) atoms. The van der Waals surface area contributed by atoms with Gasteiger partial charge in [0.15, 0.2) is 5.75 Å². The van der Waals surface area contributed by atoms with Crippen molar-refractivity contribution < 1.29 is 14.3 Å². The molecular formula is C16H23Cl2NO3. The molecule has 124 valence electrons. The molecule has 6 heteroatoms. The van der Waals surface area contributed by atoms with Gasteiger partial charge in [-0.05, 0) is 38.1 Å². The third-order valence-electron chi connectivity index (χ3n) is 3.19. The summed E-state index contributed by atoms with van der Waals surface area (Å²) in [7, 11) is 1.44. The standard InChI is InChI=1S/C16H23Cl2NO3/c1-4-8-19(9-5-2)10-11-22-16(20)14-12(17)6-7-13(18)15(14)21-3/h6-7H,4-5,8-11H2,1-3H3. The minimum Gasteiger partial charge on any atom is -0.494 e. The maximum Gasteiger partial charge on any atom is 0.343 e. The molecule has 1 aromatic carbocycles. The zero-order valence-electron chi connectivity index (χ0n) is 13.3. The summed E-state index contributed by atoms with van der Waals surface area (Å²) in [5, 5.41) is 0.600. The van der Waals surface area contributed by atoms with Crippen LogP contribution in [0.2, 0.25) is 10.0 Å². The van der Waals surface area contributed by atoms with Crippen molar-refractivity contribution in [1.82, 2.24) is 4.90 Å². The van der Waals surface area contributed by atoms with E-state index in [4.69, 9.17) is 32.7 Å². The molecule has 0 amide bonds. The summed E-state index contributed by atoms with van der Waals surface area (Å²) in [6.45, 7) is 7.26. The molecule has 1 aromatic rings. The summed E-state index contributed by atoms with van der Waals surface area (Å²) < 4.78 is 10.5. The van der Waals surface area contributed by atoms with Crippen LogP contribution in [0, 0.1) is 0 Å². The zero-order valence-corrected chi connectivity index (χ0v) is 14.8. The molecular weight excluding hydrogens is 325 g/mol. The molecule has 0 aliphatic heterocycles. The molecule has 0 aliphatic carbocycles. The smallest absolute Gasteiger partial charge is 0.343 e. The molecule has 0 aromatic heterocycles. The number of methoxy groups -OCH3 is 1. The Morgan fingerprint density at radius 2 is 1.68 bits per heavy atom. The van der Waals surface area contributed by atoms with Gasteiger partial charge < -0.3 is 9.47 Å². The van der Waals surface area contributed by atoms with E-state index in [0.29, 0.717) is 18.2 Å². The highest BCUT2D eigenvalue weighted by Gasteiger charge is 2.21. The van der Waals surface area contributed by atoms with E-state index in [-0.39, 0.29) is 16.3 Å². The van der Waals surface area contributed by atoms with Gasteiger partial charge in [0.2, 0.25) is 0 Å². The van der Waals surface area contributed by atoms with Crippen LogP contribution in [0.4, 0.5) is 0 Å². The predicted octanol–water partition coefficient (Wildman–Crippen LogP) is 4.28. The van der Waals surface area contributed by atoms with Gasteiger partial charge in [-0.3, -0.25) is 4.90 Å². The van der Waals surface area contributed by atoms with Gasteiger partial charge in [-0.1, -0.05) is 37.0 Å². The lowest BCUT2D eigenvalue weighted by Crippen LogP contribution is -2.30. The van der Waals surface area contributed by atoms with E-state index in [1.807, 2.05) is 0 Å². The van der Waals surface area contributed by atoms with Gasteiger partial charge >= 0.3 is 5.97 Å². The number of benzene rings is 1. The average molecular weight is 348 g/mol. The second-order valence-corrected chi connectivity index (χ2v) is 5.73. The van der Waals surface area contributed by atoms with E-state index in [0.717, 1.165) is 25.9 Å². The normalized spacial score (nSPS) is 10.8. The van der Waals surface area contributed by atoms with E-state index >= 15 is 0 Å². The van der Waals surface area contributed by atoms with Crippen molar-refractivity contribution in [3.05, 3.63) is 27.7 Å². The molecule has 0 heterocycles. The Bertz CT molecular complexity index is 489. The zero-order chi connectivity index (χ0) is 16.5. The van der Waals surface area contributed by atoms with Gasteiger partial charge in [-0.25, -0.2) is 4.79 Å². The lowest BCUT2D eigenvalue weighted by Gasteiger charge is -2.20. The fourth-order valence-corrected chi connectivity index (χ4v) is 2.69. The molecule has 0 N–H and O–H groups in total. The molecule has 0 fully saturated rings. The lowest BCUT2D eigenvalue weighted by atomic mass is 10.2. The molecule has 0 radical (unpaired) electrons. The van der Waals surface area contributed by atoms with Gasteiger partial charge in [0, 0.05) is 6.54 Å². The number of hydrogen-bond acceptors (Lipinski definition) is 4. The van der Waals surface area contributed by atoms with Crippen LogP contribution in [0.5, 0.6) is 5.75 Å². The van der Waals surface area contributed by atoms with Crippen LogP contribution in [-0.4, -0.2) is 44.2 Å². The fraction of sp³-hybridized carbons (Fsp3) is 0.562. The Hall–Kier alpha value is -0.970. The van der Waals surface area contributed by atoms with Crippen LogP contribution in [0.25, 0.3) is 0 Å². The number of halogens is 2. The van der Waals surface area contributed by atoms with Gasteiger partial charge in [0.25, 0.3) is 0 Å². The van der Waals surface area contributed by atoms with E-state index in [2.05, 4.69) is 18.7 Å². The summed E-state index contributed by atoms with van der Waals surface area (Å²) >= 11 is 12.1. The number of carbonyl (C=O) groups is 1. The minimum absolute atomic E-state index is 0.175. The maximum absolute atomic E-state index is 12.2. The molecule has 1 rings (SSSR count). The number of carbonyl (C=O) groups excluding carboxylic acids is 1. The van der Waals surface area contributed by atoms with Crippen molar-refractivity contribution in [2.45, 2.75) is 26.7 Å². The summed E-state index contributed by atoms with van der Waals surface area (Å²) in [5.41, 5.74) is 0.175. The molecule has 4 nitrogen and oxygen atoms in total. The summed E-state index contributed by atoms with van der Waals surface area (Å²) in [6.07, 6.45) is 2.14. The highest BCUT2D eigenvalue weighted by atomic mass is 35.5. The van der Waals surface area contributed by atoms with Crippen molar-refractivity contribution in [3.63, 3.8) is 0 Å². The van der Waals surface area contributed by atoms with Gasteiger partial charge in [0.05, 0.1) is 17.2 Å². The van der Waals surface area contributed by atoms with Crippen molar-refractivity contribution >= 4 is 29.2 Å². The fourth-order valence-electron chi connectivity index (χ4n) is 2.23. The van der Waals surface area contributed by atoms with E-state index in [1.165, 1.54) is 7.11 Å². The topological polar surface area (TPSA) is 38.8 Å². The number of hydrogen-bond donors (Lipinski definition) is 0. The number of esters is 1. The van der Waals surface area contributed by atoms with Gasteiger partial charge in [-0.2, -0.15) is 0 Å². The Morgan fingerprint density at radius 3 is 2.23 bits per heavy atom. The SMILES string of the molecule is CCCN(CCC)CCOC(=O)c1c(Cl)ccc(Cl)c1OC. The van der Waals surface area contributed by atoms with Crippen LogP contribution in [0.15, 0.2) is 12.1 Å².